The Bertz CT molecular complexity index is 1400. The van der Waals surface area contributed by atoms with E-state index in [1.165, 1.54) is 25.3 Å². The van der Waals surface area contributed by atoms with Gasteiger partial charge in [0, 0.05) is 5.69 Å². The quantitative estimate of drug-likeness (QED) is 0.281. The van der Waals surface area contributed by atoms with Crippen LogP contribution in [0.3, 0.4) is 0 Å². The van der Waals surface area contributed by atoms with Crippen molar-refractivity contribution in [3.8, 4) is 5.75 Å². The lowest BCUT2D eigenvalue weighted by molar-refractivity contribution is 0.284. The summed E-state index contributed by atoms with van der Waals surface area (Å²) in [5, 5.41) is 10.8. The topological polar surface area (TPSA) is 198 Å². The molecule has 0 aliphatic heterocycles. The number of methoxy groups -OCH3 is 1. The molecular weight excluding hydrogens is 514 g/mol. The summed E-state index contributed by atoms with van der Waals surface area (Å²) in [5.74, 6) is -1.16. The average Bonchev–Trinajstić information content (AvgIpc) is 2.71. The van der Waals surface area contributed by atoms with Gasteiger partial charge in [0.25, 0.3) is 10.1 Å². The van der Waals surface area contributed by atoms with E-state index in [1.54, 1.807) is 26.0 Å². The molecule has 0 fully saturated rings. The van der Waals surface area contributed by atoms with Crippen LogP contribution in [0.5, 0.6) is 5.75 Å². The average molecular weight is 538 g/mol. The zero-order chi connectivity index (χ0) is 25.7. The third-order valence-corrected chi connectivity index (χ3v) is 7.00. The number of azo groups is 1. The second-order valence-electron chi connectivity index (χ2n) is 6.96. The third kappa shape index (κ3) is 8.30. The van der Waals surface area contributed by atoms with E-state index < -0.39 is 48.6 Å². The summed E-state index contributed by atoms with van der Waals surface area (Å²) >= 11 is 0. The van der Waals surface area contributed by atoms with E-state index in [0.717, 1.165) is 0 Å². The van der Waals surface area contributed by atoms with Crippen LogP contribution < -0.4 is 10.1 Å². The van der Waals surface area contributed by atoms with Crippen LogP contribution in [-0.2, 0) is 34.5 Å². The Morgan fingerprint density at radius 1 is 0.912 bits per heavy atom. The van der Waals surface area contributed by atoms with Crippen LogP contribution in [0.15, 0.2) is 45.5 Å². The van der Waals surface area contributed by atoms with Crippen molar-refractivity contribution < 1.29 is 43.3 Å². The molecule has 0 bridgehead atoms. The summed E-state index contributed by atoms with van der Waals surface area (Å²) in [6.07, 6.45) is 0. The molecule has 0 saturated carbocycles. The molecule has 2 rings (SSSR count). The van der Waals surface area contributed by atoms with Gasteiger partial charge in [-0.15, -0.1) is 5.11 Å². The molecule has 0 spiro atoms. The molecule has 0 atom stereocenters. The van der Waals surface area contributed by atoms with Crippen molar-refractivity contribution in [3.05, 3.63) is 41.5 Å². The van der Waals surface area contributed by atoms with Gasteiger partial charge in [0.1, 0.15) is 17.3 Å². The van der Waals surface area contributed by atoms with Crippen LogP contribution in [-0.4, -0.2) is 59.7 Å². The Balaban J connectivity index is 2.32. The van der Waals surface area contributed by atoms with Crippen LogP contribution in [0.2, 0.25) is 0 Å². The van der Waals surface area contributed by atoms with Crippen molar-refractivity contribution in [1.82, 2.24) is 0 Å². The molecule has 3 N–H and O–H groups in total. The minimum absolute atomic E-state index is 0.0740. The molecule has 0 unspecified atom stereocenters. The van der Waals surface area contributed by atoms with Crippen LogP contribution in [0, 0.1) is 13.8 Å². The van der Waals surface area contributed by atoms with Gasteiger partial charge >= 0.3 is 10.4 Å². The summed E-state index contributed by atoms with van der Waals surface area (Å²) in [6, 6.07) is 7.01. The number of hydrogen-bond acceptors (Lipinski definition) is 11. The number of rotatable bonds is 11. The molecule has 0 saturated heterocycles. The lowest BCUT2D eigenvalue weighted by Crippen LogP contribution is -2.15. The summed E-state index contributed by atoms with van der Waals surface area (Å²) in [4.78, 5) is -0.196. The summed E-state index contributed by atoms with van der Waals surface area (Å²) in [5.41, 5.74) is 2.17. The number of sulfone groups is 1. The molecule has 0 aromatic heterocycles. The van der Waals surface area contributed by atoms with Crippen molar-refractivity contribution in [2.24, 2.45) is 10.2 Å². The lowest BCUT2D eigenvalue weighted by Gasteiger charge is -2.11. The van der Waals surface area contributed by atoms with Gasteiger partial charge in [0.05, 0.1) is 30.1 Å². The SMILES string of the molecule is COc1ccc(S(=O)(=O)CCOS(=O)(=O)O)cc1N=Nc1cc(C)c(NCS(=O)(=O)O)cc1C. The molecule has 0 radical (unpaired) electrons. The maximum absolute atomic E-state index is 12.5. The second kappa shape index (κ2) is 10.7. The lowest BCUT2D eigenvalue weighted by atomic mass is 10.1. The van der Waals surface area contributed by atoms with Crippen molar-refractivity contribution in [2.75, 3.05) is 30.7 Å². The van der Waals surface area contributed by atoms with Gasteiger partial charge in [0.15, 0.2) is 9.84 Å². The standard InChI is InChI=1S/C18H23N3O10S3/c1-12-9-16(13(2)8-15(12)19-11-33(24,25)26)20-21-17-10-14(4-5-18(17)30-3)32(22,23)7-6-31-34(27,28)29/h4-5,8-10,19H,6-7,11H2,1-3H3,(H,24,25,26)(H,27,28,29). The Labute approximate surface area is 197 Å². The Morgan fingerprint density at radius 2 is 1.56 bits per heavy atom. The van der Waals surface area contributed by atoms with Gasteiger partial charge in [-0.05, 0) is 55.3 Å². The minimum Gasteiger partial charge on any atom is -0.494 e. The van der Waals surface area contributed by atoms with Crippen LogP contribution in [0.1, 0.15) is 11.1 Å². The summed E-state index contributed by atoms with van der Waals surface area (Å²) in [7, 11) is -11.6. The fraction of sp³-hybridized carbons (Fsp3) is 0.333. The number of nitrogens with zero attached hydrogens (tertiary/aromatic N) is 2. The number of hydrogen-bond donors (Lipinski definition) is 3. The molecule has 2 aromatic carbocycles. The van der Waals surface area contributed by atoms with Crippen molar-refractivity contribution >= 4 is 47.4 Å². The van der Waals surface area contributed by atoms with Crippen molar-refractivity contribution in [1.29, 1.82) is 0 Å². The largest absolute Gasteiger partial charge is 0.494 e. The van der Waals surface area contributed by atoms with E-state index in [4.69, 9.17) is 13.8 Å². The number of benzene rings is 2. The Hall–Kier alpha value is -2.63. The van der Waals surface area contributed by atoms with Gasteiger partial charge in [-0.2, -0.15) is 21.9 Å². The molecule has 34 heavy (non-hydrogen) atoms. The zero-order valence-corrected chi connectivity index (χ0v) is 20.7. The smallest absolute Gasteiger partial charge is 0.397 e. The van der Waals surface area contributed by atoms with E-state index >= 15 is 0 Å². The molecule has 16 heteroatoms. The van der Waals surface area contributed by atoms with Crippen molar-refractivity contribution in [2.45, 2.75) is 18.7 Å². The van der Waals surface area contributed by atoms with Gasteiger partial charge in [-0.3, -0.25) is 9.11 Å². The molecule has 188 valence electrons. The first-order valence-electron chi connectivity index (χ1n) is 9.36. The van der Waals surface area contributed by atoms with E-state index in [0.29, 0.717) is 22.5 Å². The molecule has 0 heterocycles. The number of nitrogens with one attached hydrogen (secondary N) is 1. The Morgan fingerprint density at radius 3 is 2.15 bits per heavy atom. The molecular formula is C18H23N3O10S3. The van der Waals surface area contributed by atoms with Crippen LogP contribution in [0.25, 0.3) is 0 Å². The van der Waals surface area contributed by atoms with Gasteiger partial charge in [-0.25, -0.2) is 12.6 Å². The van der Waals surface area contributed by atoms with Crippen molar-refractivity contribution in [3.63, 3.8) is 0 Å². The first-order valence-corrected chi connectivity index (χ1v) is 14.0. The van der Waals surface area contributed by atoms with Crippen LogP contribution >= 0.6 is 0 Å². The first-order chi connectivity index (χ1) is 15.6. The summed E-state index contributed by atoms with van der Waals surface area (Å²) < 4.78 is 94.8. The van der Waals surface area contributed by atoms with Crippen LogP contribution in [0.4, 0.5) is 17.1 Å². The maximum atomic E-state index is 12.5. The highest BCUT2D eigenvalue weighted by Gasteiger charge is 2.19. The molecule has 2 aromatic rings. The normalized spacial score (nSPS) is 12.7. The molecule has 13 nitrogen and oxygen atoms in total. The number of aryl methyl sites for hydroxylation is 2. The Kier molecular flexibility index (Phi) is 8.73. The molecule has 0 aliphatic carbocycles. The maximum Gasteiger partial charge on any atom is 0.397 e. The molecule has 0 aliphatic rings. The zero-order valence-electron chi connectivity index (χ0n) is 18.3. The van der Waals surface area contributed by atoms with Gasteiger partial charge in [0.2, 0.25) is 0 Å². The fourth-order valence-corrected chi connectivity index (χ4v) is 4.53. The molecule has 0 amide bonds. The number of anilines is 1. The highest BCUT2D eigenvalue weighted by molar-refractivity contribution is 7.91. The highest BCUT2D eigenvalue weighted by atomic mass is 32.3. The van der Waals surface area contributed by atoms with Gasteiger partial charge < -0.3 is 10.1 Å². The predicted molar refractivity (Wildman–Crippen MR) is 123 cm³/mol. The van der Waals surface area contributed by atoms with E-state index in [-0.39, 0.29) is 16.3 Å². The van der Waals surface area contributed by atoms with E-state index in [9.17, 15) is 25.3 Å². The highest BCUT2D eigenvalue weighted by Crippen LogP contribution is 2.33. The second-order valence-corrected chi connectivity index (χ2v) is 11.6. The third-order valence-electron chi connectivity index (χ3n) is 4.35. The minimum atomic E-state index is -4.77. The fourth-order valence-electron chi connectivity index (χ4n) is 2.68. The summed E-state index contributed by atoms with van der Waals surface area (Å²) in [6.45, 7) is 2.60. The predicted octanol–water partition coefficient (Wildman–Crippen LogP) is 2.58. The van der Waals surface area contributed by atoms with E-state index in [2.05, 4.69) is 19.7 Å². The van der Waals surface area contributed by atoms with Gasteiger partial charge in [-0.1, -0.05) is 0 Å². The first kappa shape index (κ1) is 27.6. The number of ether oxygens (including phenoxy) is 1. The van der Waals surface area contributed by atoms with E-state index in [1.807, 2.05) is 0 Å². The monoisotopic (exact) mass is 537 g/mol.